The number of nitriles is 1. The van der Waals surface area contributed by atoms with E-state index in [0.717, 1.165) is 12.8 Å². The van der Waals surface area contributed by atoms with Gasteiger partial charge < -0.3 is 10.6 Å². The summed E-state index contributed by atoms with van der Waals surface area (Å²) in [7, 11) is 0. The first-order valence-electron chi connectivity index (χ1n) is 6.56. The van der Waals surface area contributed by atoms with Crippen molar-refractivity contribution in [3.8, 4) is 6.07 Å². The van der Waals surface area contributed by atoms with Crippen molar-refractivity contribution in [3.05, 3.63) is 29.8 Å². The van der Waals surface area contributed by atoms with Gasteiger partial charge in [-0.25, -0.2) is 0 Å². The van der Waals surface area contributed by atoms with Crippen LogP contribution in [-0.4, -0.2) is 17.9 Å². The summed E-state index contributed by atoms with van der Waals surface area (Å²) in [6, 6.07) is 8.76. The third-order valence-electron chi connectivity index (χ3n) is 3.32. The van der Waals surface area contributed by atoms with Gasteiger partial charge in [-0.1, -0.05) is 0 Å². The lowest BCUT2D eigenvalue weighted by atomic mass is 9.91. The summed E-state index contributed by atoms with van der Waals surface area (Å²) in [5, 5.41) is 14.2. The molecule has 0 atom stereocenters. The van der Waals surface area contributed by atoms with Crippen molar-refractivity contribution >= 4 is 17.5 Å². The second-order valence-corrected chi connectivity index (χ2v) is 5.52. The Balaban J connectivity index is 2.01. The van der Waals surface area contributed by atoms with Gasteiger partial charge in [0.1, 0.15) is 5.41 Å². The second-order valence-electron chi connectivity index (χ2n) is 5.52. The fraction of sp³-hybridized carbons (Fsp3) is 0.400. The number of benzene rings is 1. The Morgan fingerprint density at radius 2 is 1.80 bits per heavy atom. The van der Waals surface area contributed by atoms with Gasteiger partial charge >= 0.3 is 0 Å². The van der Waals surface area contributed by atoms with E-state index < -0.39 is 5.41 Å². The van der Waals surface area contributed by atoms with Crippen LogP contribution in [0.5, 0.6) is 0 Å². The van der Waals surface area contributed by atoms with E-state index in [2.05, 4.69) is 10.6 Å². The van der Waals surface area contributed by atoms with Gasteiger partial charge in [-0.15, -0.1) is 0 Å². The van der Waals surface area contributed by atoms with Gasteiger partial charge in [0.25, 0.3) is 0 Å². The topological polar surface area (TPSA) is 82.0 Å². The first kappa shape index (κ1) is 14.1. The van der Waals surface area contributed by atoms with Crippen molar-refractivity contribution in [2.24, 2.45) is 5.41 Å². The molecule has 5 heteroatoms. The van der Waals surface area contributed by atoms with Crippen LogP contribution >= 0.6 is 0 Å². The molecule has 1 aliphatic rings. The number of hydrogen-bond acceptors (Lipinski definition) is 3. The molecule has 0 saturated heterocycles. The molecule has 0 radical (unpaired) electrons. The molecule has 1 aromatic carbocycles. The van der Waals surface area contributed by atoms with Gasteiger partial charge in [-0.3, -0.25) is 9.59 Å². The molecule has 2 rings (SSSR count). The van der Waals surface area contributed by atoms with E-state index in [4.69, 9.17) is 5.26 Å². The monoisotopic (exact) mass is 271 g/mol. The molecule has 5 nitrogen and oxygen atoms in total. The molecular formula is C15H17N3O2. The highest BCUT2D eigenvalue weighted by Crippen LogP contribution is 2.24. The first-order chi connectivity index (χ1) is 9.43. The van der Waals surface area contributed by atoms with E-state index in [-0.39, 0.29) is 17.9 Å². The van der Waals surface area contributed by atoms with E-state index in [0.29, 0.717) is 11.3 Å². The van der Waals surface area contributed by atoms with Crippen LogP contribution in [0.3, 0.4) is 0 Å². The fourth-order valence-corrected chi connectivity index (χ4v) is 1.61. The predicted octanol–water partition coefficient (Wildman–Crippen LogP) is 1.80. The van der Waals surface area contributed by atoms with Crippen LogP contribution in [0.2, 0.25) is 0 Å². The quantitative estimate of drug-likeness (QED) is 0.819. The summed E-state index contributed by atoms with van der Waals surface area (Å²) in [5.74, 6) is -0.619. The summed E-state index contributed by atoms with van der Waals surface area (Å²) >= 11 is 0. The number of nitrogens with zero attached hydrogens (tertiary/aromatic N) is 1. The SMILES string of the molecule is CC(C)(C(=O)Nc1ccc(C#N)cc1)C(=O)NC1CC1. The molecule has 0 aliphatic heterocycles. The van der Waals surface area contributed by atoms with Crippen LogP contribution in [-0.2, 0) is 9.59 Å². The molecule has 0 aromatic heterocycles. The van der Waals surface area contributed by atoms with Crippen LogP contribution < -0.4 is 10.6 Å². The molecule has 1 aromatic rings. The molecule has 0 bridgehead atoms. The van der Waals surface area contributed by atoms with E-state index >= 15 is 0 Å². The molecule has 1 aliphatic carbocycles. The fourth-order valence-electron chi connectivity index (χ4n) is 1.61. The highest BCUT2D eigenvalue weighted by atomic mass is 16.2. The summed E-state index contributed by atoms with van der Waals surface area (Å²) in [4.78, 5) is 24.2. The minimum Gasteiger partial charge on any atom is -0.352 e. The number of rotatable bonds is 4. The van der Waals surface area contributed by atoms with Crippen molar-refractivity contribution < 1.29 is 9.59 Å². The van der Waals surface area contributed by atoms with Crippen LogP contribution in [0.4, 0.5) is 5.69 Å². The van der Waals surface area contributed by atoms with Crippen molar-refractivity contribution in [1.29, 1.82) is 5.26 Å². The molecule has 2 N–H and O–H groups in total. The number of hydrogen-bond donors (Lipinski definition) is 2. The molecule has 0 unspecified atom stereocenters. The third kappa shape index (κ3) is 3.15. The van der Waals surface area contributed by atoms with E-state index in [1.54, 1.807) is 38.1 Å². The summed E-state index contributed by atoms with van der Waals surface area (Å²) in [6.45, 7) is 3.20. The Labute approximate surface area is 118 Å². The number of carbonyl (C=O) groups is 2. The van der Waals surface area contributed by atoms with Gasteiger partial charge in [-0.2, -0.15) is 5.26 Å². The second kappa shape index (κ2) is 5.33. The number of anilines is 1. The van der Waals surface area contributed by atoms with Crippen molar-refractivity contribution in [3.63, 3.8) is 0 Å². The molecule has 1 saturated carbocycles. The number of amides is 2. The molecule has 0 spiro atoms. The maximum atomic E-state index is 12.2. The molecular weight excluding hydrogens is 254 g/mol. The van der Waals surface area contributed by atoms with Gasteiger partial charge in [0.2, 0.25) is 11.8 Å². The average molecular weight is 271 g/mol. The summed E-state index contributed by atoms with van der Waals surface area (Å²) in [6.07, 6.45) is 1.97. The van der Waals surface area contributed by atoms with Crippen molar-refractivity contribution in [2.75, 3.05) is 5.32 Å². The number of carbonyl (C=O) groups excluding carboxylic acids is 2. The minimum atomic E-state index is -1.13. The Morgan fingerprint density at radius 3 is 2.30 bits per heavy atom. The normalized spacial score (nSPS) is 14.2. The number of nitrogens with one attached hydrogen (secondary N) is 2. The smallest absolute Gasteiger partial charge is 0.239 e. The van der Waals surface area contributed by atoms with Gasteiger partial charge in [-0.05, 0) is 51.0 Å². The Hall–Kier alpha value is -2.35. The predicted molar refractivity (Wildman–Crippen MR) is 74.7 cm³/mol. The molecule has 2 amide bonds. The third-order valence-corrected chi connectivity index (χ3v) is 3.32. The van der Waals surface area contributed by atoms with Crippen molar-refractivity contribution in [2.45, 2.75) is 32.7 Å². The molecule has 0 heterocycles. The van der Waals surface area contributed by atoms with Crippen LogP contribution in [0.15, 0.2) is 24.3 Å². The van der Waals surface area contributed by atoms with Crippen LogP contribution in [0, 0.1) is 16.7 Å². The highest BCUT2D eigenvalue weighted by Gasteiger charge is 2.38. The maximum absolute atomic E-state index is 12.2. The maximum Gasteiger partial charge on any atom is 0.239 e. The zero-order valence-corrected chi connectivity index (χ0v) is 11.6. The lowest BCUT2D eigenvalue weighted by Crippen LogP contribution is -2.45. The summed E-state index contributed by atoms with van der Waals surface area (Å²) < 4.78 is 0. The van der Waals surface area contributed by atoms with E-state index in [1.165, 1.54) is 0 Å². The molecule has 20 heavy (non-hydrogen) atoms. The summed E-state index contributed by atoms with van der Waals surface area (Å²) in [5.41, 5.74) is -0.0359. The van der Waals surface area contributed by atoms with Gasteiger partial charge in [0.05, 0.1) is 11.6 Å². The lowest BCUT2D eigenvalue weighted by molar-refractivity contribution is -0.138. The lowest BCUT2D eigenvalue weighted by Gasteiger charge is -2.22. The standard InChI is InChI=1S/C15H17N3O2/c1-15(2,14(20)18-12-7-8-12)13(19)17-11-5-3-10(9-16)4-6-11/h3-6,12H,7-8H2,1-2H3,(H,17,19)(H,18,20). The Kier molecular flexibility index (Phi) is 3.75. The zero-order valence-electron chi connectivity index (χ0n) is 11.6. The average Bonchev–Trinajstić information content (AvgIpc) is 3.23. The Bertz CT molecular complexity index is 566. The van der Waals surface area contributed by atoms with Gasteiger partial charge in [0, 0.05) is 11.7 Å². The zero-order chi connectivity index (χ0) is 14.8. The van der Waals surface area contributed by atoms with Crippen LogP contribution in [0.25, 0.3) is 0 Å². The highest BCUT2D eigenvalue weighted by molar-refractivity contribution is 6.09. The first-order valence-corrected chi connectivity index (χ1v) is 6.56. The van der Waals surface area contributed by atoms with E-state index in [1.807, 2.05) is 6.07 Å². The van der Waals surface area contributed by atoms with E-state index in [9.17, 15) is 9.59 Å². The van der Waals surface area contributed by atoms with Crippen LogP contribution in [0.1, 0.15) is 32.3 Å². The van der Waals surface area contributed by atoms with Crippen molar-refractivity contribution in [1.82, 2.24) is 5.32 Å². The molecule has 104 valence electrons. The minimum absolute atomic E-state index is 0.226. The Morgan fingerprint density at radius 1 is 1.20 bits per heavy atom. The molecule has 1 fully saturated rings. The van der Waals surface area contributed by atoms with Gasteiger partial charge in [0.15, 0.2) is 0 Å². The largest absolute Gasteiger partial charge is 0.352 e.